The zero-order valence-electron chi connectivity index (χ0n) is 6.48. The van der Waals surface area contributed by atoms with Crippen LogP contribution in [-0.2, 0) is 14.3 Å². The lowest BCUT2D eigenvalue weighted by molar-refractivity contribution is -0.137. The maximum absolute atomic E-state index is 10.8. The number of hydrogen-bond acceptors (Lipinski definition) is 3. The number of carbonyl (C=O) groups excluding carboxylic acids is 2. The molecule has 6 heteroatoms. The molecule has 0 radical (unpaired) electrons. The maximum Gasteiger partial charge on any atom is 0.357 e. The molecule has 0 saturated heterocycles. The highest BCUT2D eigenvalue weighted by atomic mass is 35.5. The lowest BCUT2D eigenvalue weighted by Crippen LogP contribution is -2.26. The van der Waals surface area contributed by atoms with Crippen LogP contribution in [0.2, 0.25) is 0 Å². The molecular formula is C6H7Cl2NO3. The number of esters is 1. The van der Waals surface area contributed by atoms with Crippen molar-refractivity contribution in [3.8, 4) is 0 Å². The summed E-state index contributed by atoms with van der Waals surface area (Å²) in [6.45, 7) is 1.22. The average Bonchev–Trinajstić information content (AvgIpc) is 1.98. The van der Waals surface area contributed by atoms with E-state index in [1.807, 2.05) is 0 Å². The third-order valence-electron chi connectivity index (χ3n) is 0.880. The first kappa shape index (κ1) is 11.3. The van der Waals surface area contributed by atoms with E-state index in [4.69, 9.17) is 23.2 Å². The largest absolute Gasteiger partial charge is 0.464 e. The molecule has 0 saturated carbocycles. The van der Waals surface area contributed by atoms with E-state index in [1.54, 1.807) is 0 Å². The molecule has 0 aromatic carbocycles. The van der Waals surface area contributed by atoms with Crippen LogP contribution in [0.4, 0.5) is 0 Å². The van der Waals surface area contributed by atoms with Crippen molar-refractivity contribution >= 4 is 35.1 Å². The quantitative estimate of drug-likeness (QED) is 0.547. The van der Waals surface area contributed by atoms with Crippen molar-refractivity contribution in [1.29, 1.82) is 0 Å². The molecule has 0 heterocycles. The third kappa shape index (κ3) is 3.59. The predicted octanol–water partition coefficient (Wildman–Crippen LogP) is 0.942. The minimum absolute atomic E-state index is 0.256. The molecule has 0 aromatic heterocycles. The van der Waals surface area contributed by atoms with Gasteiger partial charge in [0.15, 0.2) is 5.70 Å². The van der Waals surface area contributed by atoms with E-state index < -0.39 is 11.9 Å². The molecule has 1 N–H and O–H groups in total. The molecule has 0 unspecified atom stereocenters. The Morgan fingerprint density at radius 3 is 2.08 bits per heavy atom. The molecule has 12 heavy (non-hydrogen) atoms. The van der Waals surface area contributed by atoms with Gasteiger partial charge in [0.05, 0.1) is 7.11 Å². The van der Waals surface area contributed by atoms with E-state index in [0.29, 0.717) is 0 Å². The van der Waals surface area contributed by atoms with E-state index in [0.717, 1.165) is 7.11 Å². The third-order valence-corrected chi connectivity index (χ3v) is 1.26. The monoisotopic (exact) mass is 211 g/mol. The summed E-state index contributed by atoms with van der Waals surface area (Å²) in [6, 6.07) is 0. The molecule has 4 nitrogen and oxygen atoms in total. The van der Waals surface area contributed by atoms with Gasteiger partial charge in [0, 0.05) is 6.92 Å². The second kappa shape index (κ2) is 5.00. The van der Waals surface area contributed by atoms with Crippen LogP contribution in [0.5, 0.6) is 0 Å². The minimum atomic E-state index is -0.787. The molecule has 0 aliphatic heterocycles. The van der Waals surface area contributed by atoms with Gasteiger partial charge in [-0.2, -0.15) is 0 Å². The Morgan fingerprint density at radius 1 is 1.33 bits per heavy atom. The number of amides is 1. The number of methoxy groups -OCH3 is 1. The molecule has 0 aliphatic carbocycles. The summed E-state index contributed by atoms with van der Waals surface area (Å²) in [5.74, 6) is -1.24. The lowest BCUT2D eigenvalue weighted by Gasteiger charge is -2.04. The van der Waals surface area contributed by atoms with Crippen LogP contribution in [0.15, 0.2) is 10.2 Å². The number of ether oxygens (including phenoxy) is 1. The Balaban J connectivity index is 4.58. The first-order valence-electron chi connectivity index (χ1n) is 2.90. The predicted molar refractivity (Wildman–Crippen MR) is 44.6 cm³/mol. The van der Waals surface area contributed by atoms with Gasteiger partial charge in [0.2, 0.25) is 5.91 Å². The summed E-state index contributed by atoms with van der Waals surface area (Å²) < 4.78 is 3.96. The highest BCUT2D eigenvalue weighted by Gasteiger charge is 2.14. The summed E-state index contributed by atoms with van der Waals surface area (Å²) in [6.07, 6.45) is 0. The van der Waals surface area contributed by atoms with Gasteiger partial charge in [0.25, 0.3) is 0 Å². The van der Waals surface area contributed by atoms with Gasteiger partial charge in [-0.1, -0.05) is 23.2 Å². The number of carbonyl (C=O) groups is 2. The first-order valence-corrected chi connectivity index (χ1v) is 3.65. The molecule has 0 fully saturated rings. The smallest absolute Gasteiger partial charge is 0.357 e. The van der Waals surface area contributed by atoms with Crippen LogP contribution in [0, 0.1) is 0 Å². The molecular weight excluding hydrogens is 205 g/mol. The molecule has 0 rings (SSSR count). The molecule has 0 spiro atoms. The van der Waals surface area contributed by atoms with Crippen LogP contribution in [0.1, 0.15) is 6.92 Å². The van der Waals surface area contributed by atoms with E-state index in [2.05, 4.69) is 10.1 Å². The van der Waals surface area contributed by atoms with Gasteiger partial charge in [-0.05, 0) is 0 Å². The number of hydrogen-bond donors (Lipinski definition) is 1. The van der Waals surface area contributed by atoms with E-state index >= 15 is 0 Å². The summed E-state index contributed by atoms with van der Waals surface area (Å²) in [7, 11) is 1.15. The Labute approximate surface area is 79.5 Å². The van der Waals surface area contributed by atoms with Gasteiger partial charge in [-0.25, -0.2) is 4.79 Å². The van der Waals surface area contributed by atoms with Crippen LogP contribution in [0.3, 0.4) is 0 Å². The second-order valence-electron chi connectivity index (χ2n) is 1.81. The van der Waals surface area contributed by atoms with Crippen LogP contribution in [-0.4, -0.2) is 19.0 Å². The number of nitrogens with one attached hydrogen (secondary N) is 1. The fourth-order valence-electron chi connectivity index (χ4n) is 0.454. The summed E-state index contributed by atoms with van der Waals surface area (Å²) in [5, 5.41) is 2.13. The fourth-order valence-corrected chi connectivity index (χ4v) is 0.702. The number of halogens is 2. The van der Waals surface area contributed by atoms with Gasteiger partial charge in [0.1, 0.15) is 4.49 Å². The zero-order valence-corrected chi connectivity index (χ0v) is 7.99. The normalized spacial score (nSPS) is 8.67. The van der Waals surface area contributed by atoms with E-state index in [1.165, 1.54) is 6.92 Å². The summed E-state index contributed by atoms with van der Waals surface area (Å²) >= 11 is 10.6. The van der Waals surface area contributed by atoms with Crippen molar-refractivity contribution in [3.63, 3.8) is 0 Å². The second-order valence-corrected chi connectivity index (χ2v) is 2.76. The van der Waals surface area contributed by atoms with E-state index in [-0.39, 0.29) is 10.2 Å². The van der Waals surface area contributed by atoms with E-state index in [9.17, 15) is 9.59 Å². The van der Waals surface area contributed by atoms with Gasteiger partial charge in [-0.3, -0.25) is 4.79 Å². The Morgan fingerprint density at radius 2 is 1.83 bits per heavy atom. The molecule has 0 aromatic rings. The highest BCUT2D eigenvalue weighted by molar-refractivity contribution is 6.57. The van der Waals surface area contributed by atoms with Gasteiger partial charge in [-0.15, -0.1) is 0 Å². The fraction of sp³-hybridized carbons (Fsp3) is 0.333. The summed E-state index contributed by atoms with van der Waals surface area (Å²) in [4.78, 5) is 21.3. The molecule has 68 valence electrons. The van der Waals surface area contributed by atoms with Gasteiger partial charge >= 0.3 is 5.97 Å². The first-order chi connectivity index (χ1) is 5.49. The highest BCUT2D eigenvalue weighted by Crippen LogP contribution is 2.12. The Kier molecular flexibility index (Phi) is 4.70. The molecule has 0 bridgehead atoms. The Hall–Kier alpha value is -0.740. The zero-order chi connectivity index (χ0) is 9.72. The van der Waals surface area contributed by atoms with Crippen molar-refractivity contribution < 1.29 is 14.3 Å². The Bertz CT molecular complexity index is 233. The standard InChI is InChI=1S/C6H7Cl2NO3/c1-3(10)9-4(5(7)8)6(11)12-2/h1-2H3,(H,9,10). The van der Waals surface area contributed by atoms with Crippen molar-refractivity contribution in [1.82, 2.24) is 5.32 Å². The van der Waals surface area contributed by atoms with Crippen molar-refractivity contribution in [2.75, 3.05) is 7.11 Å². The minimum Gasteiger partial charge on any atom is -0.464 e. The topological polar surface area (TPSA) is 55.4 Å². The van der Waals surface area contributed by atoms with Crippen LogP contribution in [0.25, 0.3) is 0 Å². The number of rotatable bonds is 2. The van der Waals surface area contributed by atoms with Crippen LogP contribution >= 0.6 is 23.2 Å². The molecule has 0 aliphatic rings. The van der Waals surface area contributed by atoms with Gasteiger partial charge < -0.3 is 10.1 Å². The maximum atomic E-state index is 10.8. The lowest BCUT2D eigenvalue weighted by atomic mass is 10.5. The van der Waals surface area contributed by atoms with Crippen molar-refractivity contribution in [2.24, 2.45) is 0 Å². The molecule has 0 atom stereocenters. The van der Waals surface area contributed by atoms with Crippen molar-refractivity contribution in [2.45, 2.75) is 6.92 Å². The average molecular weight is 212 g/mol. The van der Waals surface area contributed by atoms with Crippen LogP contribution < -0.4 is 5.32 Å². The summed E-state index contributed by atoms with van der Waals surface area (Å²) in [5.41, 5.74) is -0.256. The SMILES string of the molecule is COC(=O)C(NC(C)=O)=C(Cl)Cl. The van der Waals surface area contributed by atoms with Crippen molar-refractivity contribution in [3.05, 3.63) is 10.2 Å². The molecule has 1 amide bonds.